The van der Waals surface area contributed by atoms with Gasteiger partial charge in [-0.15, -0.1) is 0 Å². The molecule has 0 fully saturated rings. The Labute approximate surface area is 118 Å². The van der Waals surface area contributed by atoms with Gasteiger partial charge in [0.25, 0.3) is 0 Å². The normalized spacial score (nSPS) is 14.9. The fraction of sp³-hybridized carbons (Fsp3) is 0.286. The van der Waals surface area contributed by atoms with Gasteiger partial charge in [0.15, 0.2) is 0 Å². The van der Waals surface area contributed by atoms with Crippen molar-refractivity contribution >= 4 is 16.9 Å². The minimum absolute atomic E-state index is 0.215. The molecule has 21 heavy (non-hydrogen) atoms. The van der Waals surface area contributed by atoms with Crippen molar-refractivity contribution in [3.05, 3.63) is 42.1 Å². The largest absolute Gasteiger partial charge is 0.480 e. The molecule has 0 radical (unpaired) electrons. The first-order valence-corrected chi connectivity index (χ1v) is 6.13. The fourth-order valence-corrected chi connectivity index (χ4v) is 1.81. The van der Waals surface area contributed by atoms with Crippen molar-refractivity contribution in [1.82, 2.24) is 10.3 Å². The lowest BCUT2D eigenvalue weighted by Crippen LogP contribution is -2.59. The van der Waals surface area contributed by atoms with Gasteiger partial charge < -0.3 is 5.11 Å². The average molecular weight is 298 g/mol. The molecule has 1 heterocycles. The molecule has 1 aromatic heterocycles. The molecule has 0 bridgehead atoms. The summed E-state index contributed by atoms with van der Waals surface area (Å²) < 4.78 is 38.6. The molecule has 1 aromatic carbocycles. The molecule has 1 unspecified atom stereocenters. The number of fused-ring (bicyclic) bond motifs is 1. The predicted molar refractivity (Wildman–Crippen MR) is 70.7 cm³/mol. The summed E-state index contributed by atoms with van der Waals surface area (Å²) in [5.41, 5.74) is -1.72. The Morgan fingerprint density at radius 1 is 1.33 bits per heavy atom. The monoisotopic (exact) mass is 298 g/mol. The van der Waals surface area contributed by atoms with Gasteiger partial charge in [0, 0.05) is 18.1 Å². The van der Waals surface area contributed by atoms with Crippen molar-refractivity contribution in [3.8, 4) is 0 Å². The number of hydrogen-bond donors (Lipinski definition) is 2. The first-order valence-electron chi connectivity index (χ1n) is 6.13. The summed E-state index contributed by atoms with van der Waals surface area (Å²) in [6.07, 6.45) is -3.28. The molecule has 4 nitrogen and oxygen atoms in total. The number of rotatable bonds is 4. The molecule has 0 aliphatic carbocycles. The second-order valence-corrected chi connectivity index (χ2v) is 4.81. The number of benzene rings is 1. The van der Waals surface area contributed by atoms with Crippen LogP contribution in [0.5, 0.6) is 0 Å². The molecule has 0 saturated carbocycles. The van der Waals surface area contributed by atoms with Crippen LogP contribution in [0.15, 0.2) is 36.5 Å². The maximum Gasteiger partial charge on any atom is 0.417 e. The van der Waals surface area contributed by atoms with Crippen LogP contribution in [0.4, 0.5) is 13.2 Å². The summed E-state index contributed by atoms with van der Waals surface area (Å²) in [7, 11) is 0. The van der Waals surface area contributed by atoms with Gasteiger partial charge in [-0.1, -0.05) is 12.1 Å². The molecular formula is C14H13F3N2O2. The van der Waals surface area contributed by atoms with Crippen LogP contribution < -0.4 is 5.32 Å². The summed E-state index contributed by atoms with van der Waals surface area (Å²) in [5, 5.41) is 11.7. The summed E-state index contributed by atoms with van der Waals surface area (Å²) >= 11 is 0. The summed E-state index contributed by atoms with van der Waals surface area (Å²) in [6, 6.07) is 8.47. The molecular weight excluding hydrogens is 285 g/mol. The highest BCUT2D eigenvalue weighted by Gasteiger charge is 2.57. The van der Waals surface area contributed by atoms with Crippen molar-refractivity contribution in [2.75, 3.05) is 0 Å². The highest BCUT2D eigenvalue weighted by molar-refractivity contribution is 5.80. The second-order valence-electron chi connectivity index (χ2n) is 4.81. The maximum absolute atomic E-state index is 12.9. The number of alkyl halides is 3. The van der Waals surface area contributed by atoms with Gasteiger partial charge in [0.05, 0.1) is 5.52 Å². The van der Waals surface area contributed by atoms with E-state index in [2.05, 4.69) is 10.3 Å². The lowest BCUT2D eigenvalue weighted by atomic mass is 10.0. The van der Waals surface area contributed by atoms with Crippen LogP contribution in [0.1, 0.15) is 12.5 Å². The van der Waals surface area contributed by atoms with Crippen LogP contribution in [-0.4, -0.2) is 27.8 Å². The van der Waals surface area contributed by atoms with Crippen LogP contribution in [0, 0.1) is 0 Å². The quantitative estimate of drug-likeness (QED) is 0.911. The van der Waals surface area contributed by atoms with Gasteiger partial charge in [-0.3, -0.25) is 10.3 Å². The third-order valence-electron chi connectivity index (χ3n) is 3.31. The Bertz CT molecular complexity index is 673. The van der Waals surface area contributed by atoms with Crippen LogP contribution >= 0.6 is 0 Å². The Hall–Kier alpha value is -2.15. The molecule has 112 valence electrons. The zero-order chi connectivity index (χ0) is 15.7. The Morgan fingerprint density at radius 3 is 2.67 bits per heavy atom. The topological polar surface area (TPSA) is 62.2 Å². The predicted octanol–water partition coefficient (Wildman–Crippen LogP) is 2.73. The highest BCUT2D eigenvalue weighted by Crippen LogP contribution is 2.30. The number of aliphatic carboxylic acids is 1. The smallest absolute Gasteiger partial charge is 0.417 e. The van der Waals surface area contributed by atoms with Gasteiger partial charge in [0.1, 0.15) is 0 Å². The maximum atomic E-state index is 12.9. The number of nitrogens with zero attached hydrogens (tertiary/aromatic N) is 1. The van der Waals surface area contributed by atoms with Crippen LogP contribution in [0.3, 0.4) is 0 Å². The van der Waals surface area contributed by atoms with E-state index in [-0.39, 0.29) is 6.54 Å². The molecule has 0 aliphatic rings. The fourth-order valence-electron chi connectivity index (χ4n) is 1.81. The minimum atomic E-state index is -4.89. The second kappa shape index (κ2) is 5.33. The Morgan fingerprint density at radius 2 is 2.05 bits per heavy atom. The zero-order valence-electron chi connectivity index (χ0n) is 11.1. The van der Waals surface area contributed by atoms with E-state index in [4.69, 9.17) is 5.11 Å². The minimum Gasteiger partial charge on any atom is -0.480 e. The van der Waals surface area contributed by atoms with E-state index < -0.39 is 17.7 Å². The molecule has 0 spiro atoms. The van der Waals surface area contributed by atoms with Gasteiger partial charge >= 0.3 is 12.1 Å². The SMILES string of the molecule is CC(NCc1ccc2ncccc2c1)(C(=O)O)C(F)(F)F. The molecule has 0 amide bonds. The number of aromatic nitrogens is 1. The van der Waals surface area contributed by atoms with Gasteiger partial charge in [-0.2, -0.15) is 13.2 Å². The van der Waals surface area contributed by atoms with Crippen LogP contribution in [-0.2, 0) is 11.3 Å². The van der Waals surface area contributed by atoms with Crippen LogP contribution in [0.25, 0.3) is 10.9 Å². The van der Waals surface area contributed by atoms with E-state index >= 15 is 0 Å². The summed E-state index contributed by atoms with van der Waals surface area (Å²) in [5.74, 6) is -1.96. The van der Waals surface area contributed by atoms with Crippen molar-refractivity contribution < 1.29 is 23.1 Å². The molecule has 0 saturated heterocycles. The number of carboxylic acids is 1. The van der Waals surface area contributed by atoms with Crippen molar-refractivity contribution in [2.24, 2.45) is 0 Å². The van der Waals surface area contributed by atoms with Gasteiger partial charge in [-0.25, -0.2) is 4.79 Å². The third-order valence-corrected chi connectivity index (χ3v) is 3.31. The lowest BCUT2D eigenvalue weighted by molar-refractivity contribution is -0.206. The van der Waals surface area contributed by atoms with Gasteiger partial charge in [-0.05, 0) is 30.7 Å². The lowest BCUT2D eigenvalue weighted by Gasteiger charge is -2.28. The first-order chi connectivity index (χ1) is 9.74. The van der Waals surface area contributed by atoms with Crippen molar-refractivity contribution in [2.45, 2.75) is 25.2 Å². The summed E-state index contributed by atoms with van der Waals surface area (Å²) in [4.78, 5) is 15.0. The van der Waals surface area contributed by atoms with Crippen molar-refractivity contribution in [3.63, 3.8) is 0 Å². The highest BCUT2D eigenvalue weighted by atomic mass is 19.4. The van der Waals surface area contributed by atoms with Gasteiger partial charge in [0.2, 0.25) is 5.54 Å². The Kier molecular flexibility index (Phi) is 3.87. The number of halogens is 3. The first kappa shape index (κ1) is 15.2. The summed E-state index contributed by atoms with van der Waals surface area (Å²) in [6.45, 7) is 0.394. The number of hydrogen-bond acceptors (Lipinski definition) is 3. The third kappa shape index (κ3) is 2.97. The van der Waals surface area contributed by atoms with E-state index in [0.717, 1.165) is 10.9 Å². The molecule has 7 heteroatoms. The number of carboxylic acid groups (broad SMARTS) is 1. The van der Waals surface area contributed by atoms with E-state index in [1.807, 2.05) is 0 Å². The number of pyridine rings is 1. The molecule has 2 rings (SSSR count). The number of carbonyl (C=O) groups is 1. The standard InChI is InChI=1S/C14H13F3N2O2/c1-13(12(20)21,14(15,16)17)19-8-9-4-5-11-10(7-9)3-2-6-18-11/h2-7,19H,8H2,1H3,(H,20,21). The molecule has 2 N–H and O–H groups in total. The van der Waals surface area contributed by atoms with Crippen molar-refractivity contribution in [1.29, 1.82) is 0 Å². The van der Waals surface area contributed by atoms with Crippen LogP contribution in [0.2, 0.25) is 0 Å². The van der Waals surface area contributed by atoms with E-state index in [9.17, 15) is 18.0 Å². The van der Waals surface area contributed by atoms with E-state index in [1.165, 1.54) is 0 Å². The Balaban J connectivity index is 2.22. The van der Waals surface area contributed by atoms with E-state index in [1.54, 1.807) is 36.5 Å². The molecule has 0 aliphatic heterocycles. The zero-order valence-corrected chi connectivity index (χ0v) is 11.1. The average Bonchev–Trinajstić information content (AvgIpc) is 2.43. The van der Waals surface area contributed by atoms with E-state index in [0.29, 0.717) is 12.5 Å². The number of nitrogens with one attached hydrogen (secondary N) is 1. The molecule has 1 atom stereocenters. The molecule has 2 aromatic rings.